The van der Waals surface area contributed by atoms with Crippen molar-refractivity contribution in [3.05, 3.63) is 106 Å². The number of carboxylic acid groups (broad SMARTS) is 1. The molecule has 0 aliphatic rings. The number of rotatable bonds is 6. The van der Waals surface area contributed by atoms with Crippen molar-refractivity contribution >= 4 is 34.4 Å². The van der Waals surface area contributed by atoms with Crippen molar-refractivity contribution in [1.29, 1.82) is 0 Å². The maximum Gasteiger partial charge on any atom is 0.335 e. The highest BCUT2D eigenvalue weighted by atomic mass is 35.5. The Hall–Kier alpha value is -3.57. The minimum absolute atomic E-state index is 0.184. The Balaban J connectivity index is 1.64. The van der Waals surface area contributed by atoms with Gasteiger partial charge in [0.1, 0.15) is 0 Å². The van der Waals surface area contributed by atoms with E-state index in [-0.39, 0.29) is 17.5 Å². The van der Waals surface area contributed by atoms with E-state index in [0.29, 0.717) is 17.1 Å². The first-order chi connectivity index (χ1) is 15.3. The van der Waals surface area contributed by atoms with E-state index in [4.69, 9.17) is 16.7 Å². The van der Waals surface area contributed by atoms with Gasteiger partial charge in [0.25, 0.3) is 5.91 Å². The molecule has 5 nitrogen and oxygen atoms in total. The number of carboxylic acids is 1. The second-order valence-electron chi connectivity index (χ2n) is 7.89. The number of hydrogen-bond acceptors (Lipinski definition) is 2. The van der Waals surface area contributed by atoms with Crippen molar-refractivity contribution in [2.75, 3.05) is 0 Å². The first-order valence-corrected chi connectivity index (χ1v) is 10.7. The summed E-state index contributed by atoms with van der Waals surface area (Å²) in [5, 5.41) is 13.8. The van der Waals surface area contributed by atoms with E-state index in [2.05, 4.69) is 16.1 Å². The average Bonchev–Trinajstić information content (AvgIpc) is 3.09. The van der Waals surface area contributed by atoms with Crippen LogP contribution in [0.2, 0.25) is 5.02 Å². The molecular weight excluding hydrogens is 424 g/mol. The third-order valence-corrected chi connectivity index (χ3v) is 5.82. The van der Waals surface area contributed by atoms with Crippen LogP contribution in [0.15, 0.2) is 72.9 Å². The van der Waals surface area contributed by atoms with Gasteiger partial charge in [-0.05, 0) is 60.9 Å². The van der Waals surface area contributed by atoms with Crippen molar-refractivity contribution in [3.8, 4) is 0 Å². The van der Waals surface area contributed by atoms with Crippen molar-refractivity contribution in [3.63, 3.8) is 0 Å². The summed E-state index contributed by atoms with van der Waals surface area (Å²) >= 11 is 6.15. The third kappa shape index (κ3) is 4.39. The molecule has 4 aromatic rings. The van der Waals surface area contributed by atoms with E-state index < -0.39 is 5.97 Å². The molecule has 1 amide bonds. The van der Waals surface area contributed by atoms with Gasteiger partial charge in [-0.25, -0.2) is 4.79 Å². The number of nitrogens with zero attached hydrogens (tertiary/aromatic N) is 1. The number of aromatic nitrogens is 1. The van der Waals surface area contributed by atoms with Crippen LogP contribution in [0, 0.1) is 6.92 Å². The van der Waals surface area contributed by atoms with Crippen LogP contribution in [-0.4, -0.2) is 21.6 Å². The van der Waals surface area contributed by atoms with E-state index in [1.54, 1.807) is 24.3 Å². The van der Waals surface area contributed by atoms with Gasteiger partial charge in [0.05, 0.1) is 22.7 Å². The molecule has 162 valence electrons. The average molecular weight is 447 g/mol. The van der Waals surface area contributed by atoms with Crippen LogP contribution >= 0.6 is 11.6 Å². The van der Waals surface area contributed by atoms with Gasteiger partial charge in [0, 0.05) is 23.2 Å². The van der Waals surface area contributed by atoms with Gasteiger partial charge >= 0.3 is 5.97 Å². The summed E-state index contributed by atoms with van der Waals surface area (Å²) in [6.07, 6.45) is 2.05. The Morgan fingerprint density at radius 1 is 1.06 bits per heavy atom. The Bertz CT molecular complexity index is 1310. The Morgan fingerprint density at radius 2 is 1.78 bits per heavy atom. The van der Waals surface area contributed by atoms with Crippen molar-refractivity contribution < 1.29 is 14.7 Å². The van der Waals surface area contributed by atoms with Crippen molar-refractivity contribution in [2.24, 2.45) is 0 Å². The zero-order valence-corrected chi connectivity index (χ0v) is 18.6. The molecule has 3 aromatic carbocycles. The number of carbonyl (C=O) groups excluding carboxylic acids is 1. The van der Waals surface area contributed by atoms with Crippen molar-refractivity contribution in [1.82, 2.24) is 9.88 Å². The largest absolute Gasteiger partial charge is 0.478 e. The number of halogens is 1. The minimum atomic E-state index is -0.976. The first-order valence-electron chi connectivity index (χ1n) is 10.3. The molecule has 0 radical (unpaired) electrons. The number of carbonyl (C=O) groups is 2. The van der Waals surface area contributed by atoms with Gasteiger partial charge in [0.2, 0.25) is 0 Å². The summed E-state index contributed by atoms with van der Waals surface area (Å²) in [6.45, 7) is 4.51. The standard InChI is InChI=1S/C26H23ClN2O3/c1-16-14-29(15-18-5-3-6-21(27)13-18)24-22(16)7-4-8-23(24)25(30)28-17(2)19-9-11-20(12-10-19)26(31)32/h3-14,17H,15H2,1-2H3,(H,28,30)(H,31,32). The molecule has 1 atom stereocenters. The minimum Gasteiger partial charge on any atom is -0.478 e. The first kappa shape index (κ1) is 21.7. The summed E-state index contributed by atoms with van der Waals surface area (Å²) in [6, 6.07) is 19.7. The fraction of sp³-hybridized carbons (Fsp3) is 0.154. The number of benzene rings is 3. The molecule has 4 rings (SSSR count). The van der Waals surface area contributed by atoms with Crippen LogP contribution in [0.1, 0.15) is 50.4 Å². The van der Waals surface area contributed by atoms with E-state index in [1.807, 2.05) is 56.3 Å². The lowest BCUT2D eigenvalue weighted by Crippen LogP contribution is -2.27. The van der Waals surface area contributed by atoms with Gasteiger partial charge in [-0.1, -0.05) is 48.0 Å². The van der Waals surface area contributed by atoms with Crippen LogP contribution in [0.4, 0.5) is 0 Å². The Labute approximate surface area is 191 Å². The summed E-state index contributed by atoms with van der Waals surface area (Å²) < 4.78 is 2.08. The number of aromatic carboxylic acids is 1. The molecular formula is C26H23ClN2O3. The number of para-hydroxylation sites is 1. The highest BCUT2D eigenvalue weighted by Gasteiger charge is 2.18. The van der Waals surface area contributed by atoms with Gasteiger partial charge in [-0.3, -0.25) is 4.79 Å². The van der Waals surface area contributed by atoms with Crippen LogP contribution in [0.3, 0.4) is 0 Å². The molecule has 0 fully saturated rings. The molecule has 0 spiro atoms. The zero-order chi connectivity index (χ0) is 22.8. The number of hydrogen-bond donors (Lipinski definition) is 2. The zero-order valence-electron chi connectivity index (χ0n) is 17.8. The van der Waals surface area contributed by atoms with E-state index in [9.17, 15) is 9.59 Å². The molecule has 0 saturated carbocycles. The molecule has 6 heteroatoms. The lowest BCUT2D eigenvalue weighted by molar-refractivity contribution is 0.0696. The number of aryl methyl sites for hydroxylation is 1. The second-order valence-corrected chi connectivity index (χ2v) is 8.33. The number of nitrogens with one attached hydrogen (secondary N) is 1. The quantitative estimate of drug-likeness (QED) is 0.390. The van der Waals surface area contributed by atoms with Crippen LogP contribution in [0.25, 0.3) is 10.9 Å². The fourth-order valence-corrected chi connectivity index (χ4v) is 4.16. The van der Waals surface area contributed by atoms with Crippen molar-refractivity contribution in [2.45, 2.75) is 26.4 Å². The van der Waals surface area contributed by atoms with Gasteiger partial charge in [0.15, 0.2) is 0 Å². The van der Waals surface area contributed by atoms with Crippen LogP contribution in [-0.2, 0) is 6.54 Å². The second kappa shape index (κ2) is 8.89. The maximum atomic E-state index is 13.2. The molecule has 2 N–H and O–H groups in total. The highest BCUT2D eigenvalue weighted by Crippen LogP contribution is 2.26. The lowest BCUT2D eigenvalue weighted by Gasteiger charge is -2.16. The smallest absolute Gasteiger partial charge is 0.335 e. The van der Waals surface area contributed by atoms with Gasteiger partial charge < -0.3 is 15.0 Å². The number of amides is 1. The Morgan fingerprint density at radius 3 is 2.47 bits per heavy atom. The molecule has 1 unspecified atom stereocenters. The molecule has 0 aliphatic heterocycles. The predicted octanol–water partition coefficient (Wildman–Crippen LogP) is 5.84. The van der Waals surface area contributed by atoms with E-state index in [1.165, 1.54) is 0 Å². The predicted molar refractivity (Wildman–Crippen MR) is 127 cm³/mol. The van der Waals surface area contributed by atoms with Gasteiger partial charge in [-0.2, -0.15) is 0 Å². The van der Waals surface area contributed by atoms with Gasteiger partial charge in [-0.15, -0.1) is 0 Å². The van der Waals surface area contributed by atoms with E-state index in [0.717, 1.165) is 27.6 Å². The topological polar surface area (TPSA) is 71.3 Å². The normalized spacial score (nSPS) is 12.0. The molecule has 1 heterocycles. The van der Waals surface area contributed by atoms with Crippen LogP contribution in [0.5, 0.6) is 0 Å². The Kier molecular flexibility index (Phi) is 6.01. The van der Waals surface area contributed by atoms with Crippen LogP contribution < -0.4 is 5.32 Å². The summed E-state index contributed by atoms with van der Waals surface area (Å²) in [5.74, 6) is -1.16. The molecule has 0 bridgehead atoms. The molecule has 0 aliphatic carbocycles. The third-order valence-electron chi connectivity index (χ3n) is 5.59. The summed E-state index contributed by atoms with van der Waals surface area (Å²) in [4.78, 5) is 24.3. The number of fused-ring (bicyclic) bond motifs is 1. The highest BCUT2D eigenvalue weighted by molar-refractivity contribution is 6.30. The molecule has 32 heavy (non-hydrogen) atoms. The summed E-state index contributed by atoms with van der Waals surface area (Å²) in [5.41, 5.74) is 4.65. The fourth-order valence-electron chi connectivity index (χ4n) is 3.95. The lowest BCUT2D eigenvalue weighted by atomic mass is 10.0. The monoisotopic (exact) mass is 446 g/mol. The SMILES string of the molecule is Cc1cn(Cc2cccc(Cl)c2)c2c(C(=O)NC(C)c3ccc(C(=O)O)cc3)cccc12. The molecule has 0 saturated heterocycles. The maximum absolute atomic E-state index is 13.2. The van der Waals surface area contributed by atoms with E-state index >= 15 is 0 Å². The summed E-state index contributed by atoms with van der Waals surface area (Å²) in [7, 11) is 0. The molecule has 1 aromatic heterocycles.